The molecule has 2 aromatic carbocycles. The van der Waals surface area contributed by atoms with E-state index in [1.165, 1.54) is 25.2 Å². The van der Waals surface area contributed by atoms with Gasteiger partial charge < -0.3 is 44.6 Å². The Labute approximate surface area is 437 Å². The number of ether oxygens (including phenoxy) is 3. The monoisotopic (exact) mass is 1050 g/mol. The molecule has 1 saturated carbocycles. The van der Waals surface area contributed by atoms with Gasteiger partial charge in [-0.05, 0) is 98.7 Å². The number of imidazole rings is 2. The predicted molar refractivity (Wildman–Crippen MR) is 284 cm³/mol. The van der Waals surface area contributed by atoms with Gasteiger partial charge in [-0.25, -0.2) is 23.9 Å². The molecule has 0 spiro atoms. The summed E-state index contributed by atoms with van der Waals surface area (Å²) in [6.07, 6.45) is 6.50. The van der Waals surface area contributed by atoms with Gasteiger partial charge in [0, 0.05) is 35.9 Å². The van der Waals surface area contributed by atoms with E-state index >= 15 is 4.39 Å². The standard InChI is InChI=1S/C50H56FN9O7S.3H2S/c1-25(2)42(56-49(63)65-5)46(61)58-17-7-9-35(58)44-52-23-32(54-44)28-13-14-34-30(19-28)21-37-41-31(51)20-29(22-38(41)67-48(60(34)37)40-16-15-39(68-40)27-11-12-27)33-24-53-45(55-33)36-10-8-18-59(36)47(62)43(26(3)4)57-50(64)66-6;;;/h13-16,19-27,35-36,42-43,48H,7-12,17-18H2,1-6H3,(H,52,54)(H,53,55)(H,56,63)(H,57,64);3*1H2/t35-,36-,42-,43?,48?;;;/m0.../s1/i26D;;;. The molecule has 2 saturated heterocycles. The van der Waals surface area contributed by atoms with Crippen molar-refractivity contribution >= 4 is 86.7 Å². The number of nitrogens with one attached hydrogen (secondary N) is 4. The van der Waals surface area contributed by atoms with Crippen LogP contribution in [0.4, 0.5) is 14.0 Å². The Bertz CT molecular complexity index is 2980. The van der Waals surface area contributed by atoms with Crippen molar-refractivity contribution in [2.24, 2.45) is 11.8 Å². The highest BCUT2D eigenvalue weighted by molar-refractivity contribution is 7.59. The topological polar surface area (TPSA) is 189 Å². The lowest BCUT2D eigenvalue weighted by atomic mass is 10.0. The summed E-state index contributed by atoms with van der Waals surface area (Å²) in [4.78, 5) is 74.0. The first-order valence-electron chi connectivity index (χ1n) is 23.8. The highest BCUT2D eigenvalue weighted by Gasteiger charge is 2.40. The van der Waals surface area contributed by atoms with Crippen molar-refractivity contribution in [2.75, 3.05) is 27.3 Å². The minimum absolute atomic E-state index is 0. The van der Waals surface area contributed by atoms with E-state index < -0.39 is 54.2 Å². The highest BCUT2D eigenvalue weighted by Crippen LogP contribution is 2.50. The molecular formula is C50H62FN9O7S4. The summed E-state index contributed by atoms with van der Waals surface area (Å²) in [6, 6.07) is 13.0. The average molecular weight is 1050 g/mol. The van der Waals surface area contributed by atoms with Crippen LogP contribution in [0.5, 0.6) is 5.75 Å². The third kappa shape index (κ3) is 10.1. The highest BCUT2D eigenvalue weighted by atomic mass is 32.1. The fourth-order valence-electron chi connectivity index (χ4n) is 9.98. The lowest BCUT2D eigenvalue weighted by Crippen LogP contribution is -2.51. The molecule has 7 heterocycles. The van der Waals surface area contributed by atoms with Crippen molar-refractivity contribution in [1.82, 2.24) is 44.9 Å². The number of methoxy groups -OCH3 is 2. The van der Waals surface area contributed by atoms with Crippen LogP contribution < -0.4 is 15.4 Å². The first kappa shape index (κ1) is 51.7. The number of hydrogen-bond acceptors (Lipinski definition) is 10. The molecule has 4 aromatic heterocycles. The van der Waals surface area contributed by atoms with Crippen molar-refractivity contribution < 1.29 is 39.1 Å². The van der Waals surface area contributed by atoms with E-state index in [0.29, 0.717) is 71.8 Å². The lowest BCUT2D eigenvalue weighted by Gasteiger charge is -2.30. The van der Waals surface area contributed by atoms with Gasteiger partial charge in [0.25, 0.3) is 0 Å². The largest absolute Gasteiger partial charge is 0.464 e. The molecule has 71 heavy (non-hydrogen) atoms. The molecule has 10 rings (SSSR count). The van der Waals surface area contributed by atoms with Crippen LogP contribution in [-0.2, 0) is 19.1 Å². The van der Waals surface area contributed by atoms with Crippen LogP contribution in [0.15, 0.2) is 60.9 Å². The molecule has 16 nitrogen and oxygen atoms in total. The molecule has 21 heteroatoms. The van der Waals surface area contributed by atoms with Crippen LogP contribution in [-0.4, -0.2) is 97.7 Å². The number of alkyl carbamates (subject to hydrolysis) is 2. The van der Waals surface area contributed by atoms with E-state index in [1.54, 1.807) is 47.4 Å². The number of thiophene rings is 1. The van der Waals surface area contributed by atoms with Crippen molar-refractivity contribution in [2.45, 2.75) is 103 Å². The summed E-state index contributed by atoms with van der Waals surface area (Å²) in [7, 11) is 2.49. The first-order chi connectivity index (χ1) is 33.1. The van der Waals surface area contributed by atoms with Crippen LogP contribution in [0.1, 0.15) is 113 Å². The Morgan fingerprint density at radius 1 is 0.775 bits per heavy atom. The molecule has 3 fully saturated rings. The number of H-pyrrole nitrogens is 2. The number of likely N-dealkylation sites (tertiary alicyclic amines) is 2. The number of nitrogens with zero attached hydrogens (tertiary/aromatic N) is 5. The van der Waals surface area contributed by atoms with Gasteiger partial charge in [-0.15, -0.1) is 11.3 Å². The second-order valence-corrected chi connectivity index (χ2v) is 19.9. The molecule has 1 aliphatic carbocycles. The van der Waals surface area contributed by atoms with Gasteiger partial charge in [0.2, 0.25) is 18.0 Å². The summed E-state index contributed by atoms with van der Waals surface area (Å²) in [5, 5.41) is 6.12. The maximum atomic E-state index is 16.9. The number of halogens is 1. The van der Waals surface area contributed by atoms with Crippen molar-refractivity contribution in [3.8, 4) is 39.5 Å². The van der Waals surface area contributed by atoms with Gasteiger partial charge >= 0.3 is 12.2 Å². The molecule has 3 aliphatic heterocycles. The van der Waals surface area contributed by atoms with E-state index in [1.807, 2.05) is 38.1 Å². The number of rotatable bonds is 12. The first-order valence-corrected chi connectivity index (χ1v) is 24.1. The molecular weight excluding hydrogens is 986 g/mol. The molecule has 0 bridgehead atoms. The normalized spacial score (nSPS) is 19.3. The molecule has 6 aromatic rings. The van der Waals surface area contributed by atoms with Gasteiger partial charge in [-0.2, -0.15) is 40.5 Å². The summed E-state index contributed by atoms with van der Waals surface area (Å²) in [6.45, 7) is 7.85. The van der Waals surface area contributed by atoms with E-state index in [2.05, 4.69) is 48.4 Å². The molecule has 4 aliphatic rings. The van der Waals surface area contributed by atoms with Crippen molar-refractivity contribution in [3.63, 3.8) is 0 Å². The predicted octanol–water partition coefficient (Wildman–Crippen LogP) is 9.53. The fraction of sp³-hybridized carbons (Fsp3) is 0.440. The third-order valence-electron chi connectivity index (χ3n) is 13.7. The van der Waals surface area contributed by atoms with Gasteiger partial charge in [0.1, 0.15) is 35.3 Å². The van der Waals surface area contributed by atoms with Crippen LogP contribution in [0, 0.1) is 17.6 Å². The molecule has 4 N–H and O–H groups in total. The Morgan fingerprint density at radius 2 is 1.35 bits per heavy atom. The zero-order chi connectivity index (χ0) is 48.5. The van der Waals surface area contributed by atoms with Gasteiger partial charge in [-0.3, -0.25) is 14.2 Å². The maximum Gasteiger partial charge on any atom is 0.407 e. The van der Waals surface area contributed by atoms with Gasteiger partial charge in [-0.1, -0.05) is 33.8 Å². The average Bonchev–Trinajstić information content (AvgIpc) is 4.05. The Morgan fingerprint density at radius 3 is 1.93 bits per heavy atom. The smallest absolute Gasteiger partial charge is 0.407 e. The Kier molecular flexibility index (Phi) is 15.7. The number of hydrogen-bond donors (Lipinski definition) is 4. The molecule has 0 radical (unpaired) electrons. The van der Waals surface area contributed by atoms with Crippen LogP contribution in [0.3, 0.4) is 0 Å². The van der Waals surface area contributed by atoms with E-state index in [0.717, 1.165) is 52.7 Å². The minimum atomic E-state index is -1.33. The summed E-state index contributed by atoms with van der Waals surface area (Å²) in [5.41, 5.74) is 4.56. The zero-order valence-corrected chi connectivity index (χ0v) is 44.2. The van der Waals surface area contributed by atoms with E-state index in [-0.39, 0.29) is 58.4 Å². The quantitative estimate of drug-likeness (QED) is 0.0926. The maximum absolute atomic E-state index is 16.9. The zero-order valence-electron chi connectivity index (χ0n) is 41.4. The van der Waals surface area contributed by atoms with Crippen molar-refractivity contribution in [1.29, 1.82) is 0 Å². The number of benzene rings is 2. The van der Waals surface area contributed by atoms with Crippen LogP contribution in [0.25, 0.3) is 44.7 Å². The number of aromatic nitrogens is 5. The molecule has 5 atom stereocenters. The number of aromatic amines is 2. The van der Waals surface area contributed by atoms with Crippen molar-refractivity contribution in [3.05, 3.63) is 88.1 Å². The summed E-state index contributed by atoms with van der Waals surface area (Å²) in [5.74, 6) is -0.463. The Balaban J connectivity index is 0.00000253. The minimum Gasteiger partial charge on any atom is -0.464 e. The lowest BCUT2D eigenvalue weighted by molar-refractivity contribution is -0.136. The summed E-state index contributed by atoms with van der Waals surface area (Å²) >= 11 is 1.72. The number of amides is 4. The number of fused-ring (bicyclic) bond motifs is 5. The van der Waals surface area contributed by atoms with Crippen LogP contribution >= 0.6 is 51.8 Å². The van der Waals surface area contributed by atoms with E-state index in [4.69, 9.17) is 20.6 Å². The number of carbonyl (C=O) groups is 4. The fourth-order valence-corrected chi connectivity index (χ4v) is 11.2. The number of carbonyl (C=O) groups excluding carboxylic acids is 4. The molecule has 4 amide bonds. The second kappa shape index (κ2) is 21.6. The van der Waals surface area contributed by atoms with E-state index in [9.17, 15) is 19.2 Å². The molecule has 380 valence electrons. The van der Waals surface area contributed by atoms with Crippen LogP contribution in [0.2, 0.25) is 0 Å². The second-order valence-electron chi connectivity index (χ2n) is 18.7. The Hall–Kier alpha value is -5.64. The van der Waals surface area contributed by atoms with Gasteiger partial charge in [0.15, 0.2) is 0 Å². The summed E-state index contributed by atoms with van der Waals surface area (Å²) < 4.78 is 44.1. The third-order valence-corrected chi connectivity index (χ3v) is 15.0. The SMILES string of the molecule is S.S.S.[2H]C(C)(C)C(NC(=O)OC)C(=O)N1CCC[C@H]1c1ncc(-c2cc(F)c3c(c2)OC(c2ccc(C4CC4)s2)n2c-3cc3cc(-c4cnc([C@@H]5CCCN5C(=O)[C@@H](NC(=O)OC)C(C)C)[nH]4)ccc32)[nH]1. The molecule has 2 unspecified atom stereocenters. The van der Waals surface area contributed by atoms with Gasteiger partial charge in [0.05, 0.1) is 71.7 Å².